The molecule has 0 atom stereocenters. The highest BCUT2D eigenvalue weighted by Gasteiger charge is 2.11. The summed E-state index contributed by atoms with van der Waals surface area (Å²) in [6, 6.07) is 13.1. The van der Waals surface area contributed by atoms with Crippen molar-refractivity contribution in [3.63, 3.8) is 0 Å². The minimum absolute atomic E-state index is 0.141. The molecule has 0 spiro atoms. The third kappa shape index (κ3) is 5.61. The van der Waals surface area contributed by atoms with Gasteiger partial charge in [0.1, 0.15) is 5.75 Å². The zero-order valence-corrected chi connectivity index (χ0v) is 14.6. The summed E-state index contributed by atoms with van der Waals surface area (Å²) in [5, 5.41) is 3.75. The van der Waals surface area contributed by atoms with Crippen molar-refractivity contribution >= 4 is 22.2 Å². The van der Waals surface area contributed by atoms with Crippen molar-refractivity contribution in [2.24, 2.45) is 5.10 Å². The Morgan fingerprint density at radius 1 is 1.12 bits per heavy atom. The third-order valence-electron chi connectivity index (χ3n) is 3.18. The average Bonchev–Trinajstić information content (AvgIpc) is 2.61. The van der Waals surface area contributed by atoms with E-state index in [1.165, 1.54) is 25.5 Å². The highest BCUT2D eigenvalue weighted by Crippen LogP contribution is 2.12. The molecule has 0 saturated carbocycles. The lowest BCUT2D eigenvalue weighted by atomic mass is 10.2. The smallest absolute Gasteiger partial charge is 0.343 e. The monoisotopic (exact) mass is 362 g/mol. The van der Waals surface area contributed by atoms with Crippen molar-refractivity contribution in [2.75, 3.05) is 13.7 Å². The van der Waals surface area contributed by atoms with E-state index in [-0.39, 0.29) is 11.5 Å². The Hall–Kier alpha value is -2.87. The zero-order chi connectivity index (χ0) is 18.3. The molecule has 2 aromatic rings. The second-order valence-corrected chi connectivity index (χ2v) is 6.76. The summed E-state index contributed by atoms with van der Waals surface area (Å²) in [6.45, 7) is 1.70. The molecule has 0 radical (unpaired) electrons. The maximum atomic E-state index is 12.1. The number of esters is 1. The summed E-state index contributed by atoms with van der Waals surface area (Å²) in [6.07, 6.45) is 1.37. The number of methoxy groups -OCH3 is 1. The first-order valence-corrected chi connectivity index (χ1v) is 8.80. The lowest BCUT2D eigenvalue weighted by Gasteiger charge is -2.05. The number of sulfonamides is 1. The first-order valence-electron chi connectivity index (χ1n) is 7.32. The van der Waals surface area contributed by atoms with Gasteiger partial charge in [-0.3, -0.25) is 0 Å². The number of nitrogens with one attached hydrogen (secondary N) is 1. The predicted octanol–water partition coefficient (Wildman–Crippen LogP) is 1.86. The van der Waals surface area contributed by atoms with Crippen molar-refractivity contribution in [2.45, 2.75) is 11.8 Å². The number of carbonyl (C=O) groups is 1. The summed E-state index contributed by atoms with van der Waals surface area (Å²) >= 11 is 0. The molecule has 8 heteroatoms. The molecule has 0 fully saturated rings. The lowest BCUT2D eigenvalue weighted by Crippen LogP contribution is -2.18. The van der Waals surface area contributed by atoms with Crippen LogP contribution < -0.4 is 9.57 Å². The van der Waals surface area contributed by atoms with Crippen LogP contribution in [0.1, 0.15) is 11.1 Å². The van der Waals surface area contributed by atoms with E-state index in [1.807, 2.05) is 6.92 Å². The highest BCUT2D eigenvalue weighted by molar-refractivity contribution is 7.89. The SMILES string of the molecule is COC(=O)COc1ccc(C=NNS(=O)(=O)c2ccc(C)cc2)cc1. The Bertz CT molecular complexity index is 844. The molecule has 0 heterocycles. The van der Waals surface area contributed by atoms with E-state index in [0.717, 1.165) is 5.56 Å². The molecule has 0 bridgehead atoms. The Labute approximate surface area is 146 Å². The molecule has 132 valence electrons. The van der Waals surface area contributed by atoms with Gasteiger partial charge in [0.15, 0.2) is 6.61 Å². The maximum Gasteiger partial charge on any atom is 0.343 e. The van der Waals surface area contributed by atoms with Crippen LogP contribution >= 0.6 is 0 Å². The van der Waals surface area contributed by atoms with Gasteiger partial charge < -0.3 is 9.47 Å². The number of rotatable bonds is 7. The van der Waals surface area contributed by atoms with Gasteiger partial charge in [0.25, 0.3) is 10.0 Å². The lowest BCUT2D eigenvalue weighted by molar-refractivity contribution is -0.142. The van der Waals surface area contributed by atoms with Gasteiger partial charge in [0.2, 0.25) is 0 Å². The normalized spacial score (nSPS) is 11.3. The van der Waals surface area contributed by atoms with Gasteiger partial charge in [-0.25, -0.2) is 9.63 Å². The number of benzene rings is 2. The molecule has 2 aromatic carbocycles. The van der Waals surface area contributed by atoms with Crippen LogP contribution in [0.4, 0.5) is 0 Å². The van der Waals surface area contributed by atoms with Gasteiger partial charge in [0.05, 0.1) is 18.2 Å². The van der Waals surface area contributed by atoms with Crippen LogP contribution in [-0.4, -0.2) is 34.3 Å². The Morgan fingerprint density at radius 2 is 1.76 bits per heavy atom. The fourth-order valence-corrected chi connectivity index (χ4v) is 2.58. The molecule has 0 aliphatic rings. The number of aryl methyl sites for hydroxylation is 1. The molecule has 2 rings (SSSR count). The van der Waals surface area contributed by atoms with E-state index < -0.39 is 16.0 Å². The van der Waals surface area contributed by atoms with Crippen LogP contribution in [0.15, 0.2) is 58.5 Å². The van der Waals surface area contributed by atoms with Gasteiger partial charge in [-0.05, 0) is 48.9 Å². The standard InChI is InChI=1S/C17H18N2O5S/c1-13-3-9-16(10-4-13)25(21,22)19-18-11-14-5-7-15(8-6-14)24-12-17(20)23-2/h3-11,19H,12H2,1-2H3. The van der Waals surface area contributed by atoms with E-state index >= 15 is 0 Å². The largest absolute Gasteiger partial charge is 0.482 e. The zero-order valence-electron chi connectivity index (χ0n) is 13.8. The number of hydrogen-bond acceptors (Lipinski definition) is 6. The Morgan fingerprint density at radius 3 is 2.36 bits per heavy atom. The predicted molar refractivity (Wildman–Crippen MR) is 93.0 cm³/mol. The van der Waals surface area contributed by atoms with Gasteiger partial charge in [0, 0.05) is 0 Å². The number of carbonyl (C=O) groups excluding carboxylic acids is 1. The molecule has 1 N–H and O–H groups in total. The molecule has 0 aromatic heterocycles. The van der Waals surface area contributed by atoms with Crippen LogP contribution in [0.25, 0.3) is 0 Å². The quantitative estimate of drug-likeness (QED) is 0.461. The minimum Gasteiger partial charge on any atom is -0.482 e. The third-order valence-corrected chi connectivity index (χ3v) is 4.42. The first kappa shape index (κ1) is 18.5. The fraction of sp³-hybridized carbons (Fsp3) is 0.176. The number of nitrogens with zero attached hydrogens (tertiary/aromatic N) is 1. The summed E-state index contributed by atoms with van der Waals surface area (Å²) in [5.74, 6) is 0.0129. The van der Waals surface area contributed by atoms with E-state index in [9.17, 15) is 13.2 Å². The number of hydrazone groups is 1. The van der Waals surface area contributed by atoms with Crippen LogP contribution in [0.2, 0.25) is 0 Å². The molecule has 7 nitrogen and oxygen atoms in total. The molecule has 0 saturated heterocycles. The van der Waals surface area contributed by atoms with Gasteiger partial charge in [-0.2, -0.15) is 13.5 Å². The van der Waals surface area contributed by atoms with Crippen molar-refractivity contribution in [1.29, 1.82) is 0 Å². The van der Waals surface area contributed by atoms with Gasteiger partial charge in [-0.1, -0.05) is 17.7 Å². The maximum absolute atomic E-state index is 12.1. The Balaban J connectivity index is 1.95. The van der Waals surface area contributed by atoms with Crippen LogP contribution in [0.5, 0.6) is 5.75 Å². The summed E-state index contributed by atoms with van der Waals surface area (Å²) in [7, 11) is -2.42. The average molecular weight is 362 g/mol. The van der Waals surface area contributed by atoms with E-state index in [1.54, 1.807) is 36.4 Å². The van der Waals surface area contributed by atoms with E-state index in [0.29, 0.717) is 11.3 Å². The van der Waals surface area contributed by atoms with E-state index in [2.05, 4.69) is 14.7 Å². The Kier molecular flexibility index (Phi) is 6.13. The van der Waals surface area contributed by atoms with Crippen LogP contribution in [-0.2, 0) is 19.6 Å². The van der Waals surface area contributed by atoms with Gasteiger partial charge >= 0.3 is 5.97 Å². The van der Waals surface area contributed by atoms with Crippen molar-refractivity contribution < 1.29 is 22.7 Å². The van der Waals surface area contributed by atoms with Crippen molar-refractivity contribution in [3.8, 4) is 5.75 Å². The highest BCUT2D eigenvalue weighted by atomic mass is 32.2. The molecular formula is C17H18N2O5S. The van der Waals surface area contributed by atoms with E-state index in [4.69, 9.17) is 4.74 Å². The molecular weight excluding hydrogens is 344 g/mol. The van der Waals surface area contributed by atoms with Gasteiger partial charge in [-0.15, -0.1) is 0 Å². The summed E-state index contributed by atoms with van der Waals surface area (Å²) < 4.78 is 33.8. The molecule has 0 unspecified atom stereocenters. The number of hydrogen-bond donors (Lipinski definition) is 1. The fourth-order valence-electron chi connectivity index (χ4n) is 1.79. The minimum atomic E-state index is -3.70. The molecule has 0 aliphatic heterocycles. The first-order chi connectivity index (χ1) is 11.9. The van der Waals surface area contributed by atoms with Crippen molar-refractivity contribution in [1.82, 2.24) is 4.83 Å². The molecule has 0 aliphatic carbocycles. The molecule has 25 heavy (non-hydrogen) atoms. The number of ether oxygens (including phenoxy) is 2. The second kappa shape index (κ2) is 8.29. The second-order valence-electron chi connectivity index (χ2n) is 5.10. The summed E-state index contributed by atoms with van der Waals surface area (Å²) in [5.41, 5.74) is 1.63. The van der Waals surface area contributed by atoms with Crippen LogP contribution in [0.3, 0.4) is 0 Å². The van der Waals surface area contributed by atoms with Crippen molar-refractivity contribution in [3.05, 3.63) is 59.7 Å². The molecule has 0 amide bonds. The van der Waals surface area contributed by atoms with Crippen LogP contribution in [0, 0.1) is 6.92 Å². The topological polar surface area (TPSA) is 94.1 Å². The summed E-state index contributed by atoms with van der Waals surface area (Å²) in [4.78, 5) is 13.3.